The van der Waals surface area contributed by atoms with Crippen molar-refractivity contribution in [2.75, 3.05) is 0 Å². The summed E-state index contributed by atoms with van der Waals surface area (Å²) in [4.78, 5) is 18.5. The number of hydrogen-bond acceptors (Lipinski definition) is 3. The number of benzene rings is 1. The molecule has 2 heterocycles. The maximum atomic E-state index is 11.8. The van der Waals surface area contributed by atoms with Crippen LogP contribution in [-0.4, -0.2) is 33.0 Å². The van der Waals surface area contributed by atoms with E-state index < -0.39 is 5.97 Å². The average Bonchev–Trinajstić information content (AvgIpc) is 2.97. The summed E-state index contributed by atoms with van der Waals surface area (Å²) >= 11 is 6.29. The number of aromatic nitrogens is 1. The molecule has 126 valence electrons. The molecule has 3 unspecified atom stereocenters. The molecule has 24 heavy (non-hydrogen) atoms. The third-order valence-corrected chi connectivity index (χ3v) is 5.99. The van der Waals surface area contributed by atoms with Crippen LogP contribution in [-0.2, 0) is 11.3 Å². The number of carboxylic acid groups (broad SMARTS) is 1. The van der Waals surface area contributed by atoms with Crippen molar-refractivity contribution in [3.63, 3.8) is 0 Å². The number of pyridine rings is 1. The van der Waals surface area contributed by atoms with Gasteiger partial charge in [0.25, 0.3) is 0 Å². The highest BCUT2D eigenvalue weighted by molar-refractivity contribution is 6.35. The van der Waals surface area contributed by atoms with Crippen molar-refractivity contribution in [1.82, 2.24) is 9.88 Å². The first kappa shape index (κ1) is 15.9. The fourth-order valence-corrected chi connectivity index (χ4v) is 4.76. The van der Waals surface area contributed by atoms with Gasteiger partial charge in [0.2, 0.25) is 0 Å². The van der Waals surface area contributed by atoms with Gasteiger partial charge in [-0.25, -0.2) is 0 Å². The topological polar surface area (TPSA) is 53.4 Å². The number of aliphatic carboxylic acids is 1. The second kappa shape index (κ2) is 6.34. The predicted octanol–water partition coefficient (Wildman–Crippen LogP) is 4.11. The summed E-state index contributed by atoms with van der Waals surface area (Å²) < 4.78 is 0. The molecule has 0 amide bonds. The maximum Gasteiger partial charge on any atom is 0.320 e. The highest BCUT2D eigenvalue weighted by Crippen LogP contribution is 2.41. The smallest absolute Gasteiger partial charge is 0.320 e. The molecule has 1 aromatic heterocycles. The van der Waals surface area contributed by atoms with Gasteiger partial charge in [-0.15, -0.1) is 0 Å². The lowest BCUT2D eigenvalue weighted by Crippen LogP contribution is -2.41. The number of nitrogens with zero attached hydrogens (tertiary/aromatic N) is 2. The maximum absolute atomic E-state index is 11.8. The van der Waals surface area contributed by atoms with Gasteiger partial charge in [-0.05, 0) is 48.9 Å². The number of carboxylic acids is 1. The molecule has 1 aromatic carbocycles. The van der Waals surface area contributed by atoms with Gasteiger partial charge in [0, 0.05) is 29.2 Å². The quantitative estimate of drug-likeness (QED) is 0.910. The van der Waals surface area contributed by atoms with Crippen LogP contribution in [0, 0.1) is 5.92 Å². The molecule has 2 aliphatic rings. The van der Waals surface area contributed by atoms with Crippen LogP contribution in [0.1, 0.15) is 37.7 Å². The lowest BCUT2D eigenvalue weighted by Gasteiger charge is -2.33. The van der Waals surface area contributed by atoms with E-state index in [1.807, 2.05) is 24.3 Å². The zero-order chi connectivity index (χ0) is 16.7. The molecule has 0 spiro atoms. The van der Waals surface area contributed by atoms with Crippen molar-refractivity contribution >= 4 is 28.5 Å². The summed E-state index contributed by atoms with van der Waals surface area (Å²) in [5, 5.41) is 11.3. The molecule has 5 heteroatoms. The Morgan fingerprint density at radius 3 is 2.96 bits per heavy atom. The Morgan fingerprint density at radius 1 is 1.29 bits per heavy atom. The van der Waals surface area contributed by atoms with Crippen molar-refractivity contribution in [2.24, 2.45) is 5.92 Å². The first-order valence-electron chi connectivity index (χ1n) is 8.66. The van der Waals surface area contributed by atoms with Crippen molar-refractivity contribution in [3.05, 3.63) is 41.0 Å². The summed E-state index contributed by atoms with van der Waals surface area (Å²) in [7, 11) is 0. The molecule has 1 saturated heterocycles. The lowest BCUT2D eigenvalue weighted by molar-refractivity contribution is -0.142. The Labute approximate surface area is 146 Å². The number of halogens is 1. The van der Waals surface area contributed by atoms with Crippen LogP contribution in [0.3, 0.4) is 0 Å². The van der Waals surface area contributed by atoms with Crippen molar-refractivity contribution in [3.8, 4) is 0 Å². The summed E-state index contributed by atoms with van der Waals surface area (Å²) in [6.45, 7) is 0.628. The predicted molar refractivity (Wildman–Crippen MR) is 94.1 cm³/mol. The van der Waals surface area contributed by atoms with Crippen molar-refractivity contribution in [2.45, 2.75) is 50.7 Å². The van der Waals surface area contributed by atoms with E-state index in [0.717, 1.165) is 35.7 Å². The molecule has 1 aliphatic heterocycles. The van der Waals surface area contributed by atoms with Gasteiger partial charge in [-0.1, -0.05) is 30.5 Å². The van der Waals surface area contributed by atoms with E-state index in [2.05, 4.69) is 9.88 Å². The van der Waals surface area contributed by atoms with E-state index >= 15 is 0 Å². The summed E-state index contributed by atoms with van der Waals surface area (Å²) in [6, 6.07) is 7.74. The van der Waals surface area contributed by atoms with Crippen LogP contribution in [0.4, 0.5) is 0 Å². The molecule has 3 atom stereocenters. The van der Waals surface area contributed by atoms with E-state index in [0.29, 0.717) is 23.5 Å². The summed E-state index contributed by atoms with van der Waals surface area (Å²) in [5.74, 6) is -0.179. The fraction of sp³-hybridized carbons (Fsp3) is 0.474. The molecule has 4 rings (SSSR count). The van der Waals surface area contributed by atoms with Crippen molar-refractivity contribution < 1.29 is 9.90 Å². The zero-order valence-corrected chi connectivity index (χ0v) is 14.2. The molecule has 1 saturated carbocycles. The first-order chi connectivity index (χ1) is 11.6. The SMILES string of the molecule is O=C(O)C1CC2CCCCC2N1Cc1ccc(Cl)c2cccnc12. The third-order valence-electron chi connectivity index (χ3n) is 5.66. The van der Waals surface area contributed by atoms with Gasteiger partial charge in [0.05, 0.1) is 5.52 Å². The van der Waals surface area contributed by atoms with Gasteiger partial charge >= 0.3 is 5.97 Å². The molecular weight excluding hydrogens is 324 g/mol. The van der Waals surface area contributed by atoms with Crippen LogP contribution < -0.4 is 0 Å². The van der Waals surface area contributed by atoms with Crippen LogP contribution in [0.5, 0.6) is 0 Å². The minimum atomic E-state index is -0.698. The van der Waals surface area contributed by atoms with Crippen molar-refractivity contribution in [1.29, 1.82) is 0 Å². The van der Waals surface area contributed by atoms with E-state index in [1.165, 1.54) is 12.8 Å². The Hall–Kier alpha value is -1.65. The van der Waals surface area contributed by atoms with Crippen LogP contribution in [0.2, 0.25) is 5.02 Å². The molecule has 1 aliphatic carbocycles. The second-order valence-corrected chi connectivity index (χ2v) is 7.39. The van der Waals surface area contributed by atoms with Gasteiger partial charge < -0.3 is 5.11 Å². The van der Waals surface area contributed by atoms with Gasteiger partial charge in [0.1, 0.15) is 6.04 Å². The molecule has 2 fully saturated rings. The summed E-state index contributed by atoms with van der Waals surface area (Å²) in [6.07, 6.45) is 7.23. The number of carbonyl (C=O) groups is 1. The Balaban J connectivity index is 1.70. The molecule has 1 N–H and O–H groups in total. The molecule has 4 nitrogen and oxygen atoms in total. The average molecular weight is 345 g/mol. The van der Waals surface area contributed by atoms with E-state index in [9.17, 15) is 9.90 Å². The van der Waals surface area contributed by atoms with Gasteiger partial charge in [-0.3, -0.25) is 14.7 Å². The highest BCUT2D eigenvalue weighted by Gasteiger charge is 2.45. The largest absolute Gasteiger partial charge is 0.480 e. The molecule has 0 radical (unpaired) electrons. The third kappa shape index (κ3) is 2.68. The molecular formula is C19H21ClN2O2. The van der Waals surface area contributed by atoms with Gasteiger partial charge in [0.15, 0.2) is 0 Å². The standard InChI is InChI=1S/C19H21ClN2O2/c20-15-8-7-13(18-14(15)5-3-9-21-18)11-22-16-6-2-1-4-12(16)10-17(22)19(23)24/h3,5,7-9,12,16-17H,1-2,4,6,10-11H2,(H,23,24). The van der Waals surface area contributed by atoms with E-state index in [-0.39, 0.29) is 6.04 Å². The van der Waals surface area contributed by atoms with E-state index in [4.69, 9.17) is 11.6 Å². The number of likely N-dealkylation sites (tertiary alicyclic amines) is 1. The fourth-order valence-electron chi connectivity index (χ4n) is 4.54. The number of rotatable bonds is 3. The molecule has 2 aromatic rings. The lowest BCUT2D eigenvalue weighted by atomic mass is 9.84. The van der Waals surface area contributed by atoms with E-state index in [1.54, 1.807) is 6.20 Å². The zero-order valence-electron chi connectivity index (χ0n) is 13.5. The number of hydrogen-bond donors (Lipinski definition) is 1. The Bertz CT molecular complexity index is 779. The van der Waals surface area contributed by atoms with Gasteiger partial charge in [-0.2, -0.15) is 0 Å². The minimum Gasteiger partial charge on any atom is -0.480 e. The number of fused-ring (bicyclic) bond motifs is 2. The van der Waals surface area contributed by atoms with Crippen LogP contribution >= 0.6 is 11.6 Å². The van der Waals surface area contributed by atoms with Crippen LogP contribution in [0.25, 0.3) is 10.9 Å². The highest BCUT2D eigenvalue weighted by atomic mass is 35.5. The second-order valence-electron chi connectivity index (χ2n) is 6.98. The Morgan fingerprint density at radius 2 is 2.12 bits per heavy atom. The monoisotopic (exact) mass is 344 g/mol. The normalized spacial score (nSPS) is 27.3. The minimum absolute atomic E-state index is 0.382. The van der Waals surface area contributed by atoms with Crippen LogP contribution in [0.15, 0.2) is 30.5 Å². The Kier molecular flexibility index (Phi) is 4.19. The summed E-state index contributed by atoms with van der Waals surface area (Å²) in [5.41, 5.74) is 1.95. The molecule has 0 bridgehead atoms. The first-order valence-corrected chi connectivity index (χ1v) is 9.03.